The van der Waals surface area contributed by atoms with Gasteiger partial charge in [-0.25, -0.2) is 4.98 Å². The number of aromatic nitrogens is 2. The van der Waals surface area contributed by atoms with Gasteiger partial charge >= 0.3 is 0 Å². The molecule has 0 aliphatic carbocycles. The number of hydrogen-bond acceptors (Lipinski definition) is 4. The quantitative estimate of drug-likeness (QED) is 0.892. The van der Waals surface area contributed by atoms with Gasteiger partial charge in [0.2, 0.25) is 0 Å². The Kier molecular flexibility index (Phi) is 3.50. The zero-order chi connectivity index (χ0) is 13.2. The molecular formula is C14H19N3O2. The van der Waals surface area contributed by atoms with Gasteiger partial charge in [0.25, 0.3) is 0 Å². The molecule has 2 aromatic heterocycles. The minimum Gasteiger partial charge on any atom is -0.394 e. The van der Waals surface area contributed by atoms with Crippen LogP contribution >= 0.6 is 0 Å². The molecule has 0 radical (unpaired) electrons. The number of aliphatic hydroxyl groups is 1. The summed E-state index contributed by atoms with van der Waals surface area (Å²) >= 11 is 0. The first-order chi connectivity index (χ1) is 9.26. The predicted octanol–water partition coefficient (Wildman–Crippen LogP) is 0.916. The molecule has 3 heterocycles. The Labute approximate surface area is 112 Å². The van der Waals surface area contributed by atoms with E-state index in [1.54, 1.807) is 0 Å². The molecule has 2 unspecified atom stereocenters. The molecular weight excluding hydrogens is 242 g/mol. The van der Waals surface area contributed by atoms with Gasteiger partial charge in [0.1, 0.15) is 5.65 Å². The molecule has 5 nitrogen and oxygen atoms in total. The normalized spacial score (nSPS) is 24.9. The van der Waals surface area contributed by atoms with Crippen molar-refractivity contribution in [2.75, 3.05) is 19.8 Å². The van der Waals surface area contributed by atoms with Crippen molar-refractivity contribution in [1.29, 1.82) is 0 Å². The Balaban J connectivity index is 1.75. The number of pyridine rings is 1. The lowest BCUT2D eigenvalue weighted by molar-refractivity contribution is -0.0808. The van der Waals surface area contributed by atoms with Gasteiger partial charge in [0.05, 0.1) is 25.0 Å². The third-order valence-electron chi connectivity index (χ3n) is 3.62. The van der Waals surface area contributed by atoms with Crippen LogP contribution in [0.2, 0.25) is 0 Å². The summed E-state index contributed by atoms with van der Waals surface area (Å²) in [6.45, 7) is 4.44. The van der Waals surface area contributed by atoms with E-state index in [9.17, 15) is 5.11 Å². The zero-order valence-corrected chi connectivity index (χ0v) is 11.1. The molecule has 1 aliphatic rings. The second kappa shape index (κ2) is 5.28. The second-order valence-corrected chi connectivity index (χ2v) is 5.11. The summed E-state index contributed by atoms with van der Waals surface area (Å²) in [5, 5.41) is 9.20. The van der Waals surface area contributed by atoms with Crippen LogP contribution in [0.4, 0.5) is 0 Å². The van der Waals surface area contributed by atoms with E-state index >= 15 is 0 Å². The molecule has 5 heteroatoms. The lowest BCUT2D eigenvalue weighted by atomic mass is 10.2. The summed E-state index contributed by atoms with van der Waals surface area (Å²) in [5.41, 5.74) is 2.02. The molecule has 0 spiro atoms. The number of ether oxygens (including phenoxy) is 1. The number of morpholine rings is 1. The maximum absolute atomic E-state index is 9.20. The SMILES string of the molecule is CC1COC(CO)CN1Cc1cn2ccccc2n1. The maximum atomic E-state index is 9.20. The van der Waals surface area contributed by atoms with Crippen LogP contribution in [0, 0.1) is 0 Å². The van der Waals surface area contributed by atoms with Crippen molar-refractivity contribution < 1.29 is 9.84 Å². The first-order valence-corrected chi connectivity index (χ1v) is 6.65. The van der Waals surface area contributed by atoms with Crippen LogP contribution in [0.15, 0.2) is 30.6 Å². The highest BCUT2D eigenvalue weighted by atomic mass is 16.5. The predicted molar refractivity (Wildman–Crippen MR) is 71.9 cm³/mol. The smallest absolute Gasteiger partial charge is 0.137 e. The molecule has 1 fully saturated rings. The number of nitrogens with zero attached hydrogens (tertiary/aromatic N) is 3. The van der Waals surface area contributed by atoms with Gasteiger partial charge in [0.15, 0.2) is 0 Å². The van der Waals surface area contributed by atoms with Crippen molar-refractivity contribution in [2.45, 2.75) is 25.6 Å². The van der Waals surface area contributed by atoms with Gasteiger partial charge in [-0.2, -0.15) is 0 Å². The highest BCUT2D eigenvalue weighted by Gasteiger charge is 2.26. The van der Waals surface area contributed by atoms with Crippen LogP contribution in [0.1, 0.15) is 12.6 Å². The van der Waals surface area contributed by atoms with E-state index in [1.165, 1.54) is 0 Å². The Morgan fingerprint density at radius 3 is 3.16 bits per heavy atom. The Bertz CT molecular complexity index is 521. The monoisotopic (exact) mass is 261 g/mol. The van der Waals surface area contributed by atoms with Crippen LogP contribution in [0.5, 0.6) is 0 Å². The summed E-state index contributed by atoms with van der Waals surface area (Å²) in [6, 6.07) is 6.35. The lowest BCUT2D eigenvalue weighted by Gasteiger charge is -2.36. The summed E-state index contributed by atoms with van der Waals surface area (Å²) in [5.74, 6) is 0. The molecule has 0 bridgehead atoms. The number of hydrogen-bond donors (Lipinski definition) is 1. The van der Waals surface area contributed by atoms with Crippen LogP contribution in [-0.2, 0) is 11.3 Å². The minimum absolute atomic E-state index is 0.0757. The summed E-state index contributed by atoms with van der Waals surface area (Å²) < 4.78 is 7.58. The summed E-state index contributed by atoms with van der Waals surface area (Å²) in [7, 11) is 0. The van der Waals surface area contributed by atoms with Gasteiger partial charge in [-0.1, -0.05) is 6.07 Å². The van der Waals surface area contributed by atoms with E-state index in [1.807, 2.05) is 28.8 Å². The van der Waals surface area contributed by atoms with Crippen molar-refractivity contribution in [3.05, 3.63) is 36.3 Å². The second-order valence-electron chi connectivity index (χ2n) is 5.11. The molecule has 0 amide bonds. The average molecular weight is 261 g/mol. The fraction of sp³-hybridized carbons (Fsp3) is 0.500. The van der Waals surface area contributed by atoms with Crippen molar-refractivity contribution in [3.63, 3.8) is 0 Å². The first-order valence-electron chi connectivity index (χ1n) is 6.65. The van der Waals surface area contributed by atoms with Gasteiger partial charge in [-0.05, 0) is 19.1 Å². The van der Waals surface area contributed by atoms with Crippen molar-refractivity contribution >= 4 is 5.65 Å². The molecule has 2 aromatic rings. The highest BCUT2D eigenvalue weighted by molar-refractivity contribution is 5.39. The number of rotatable bonds is 3. The van der Waals surface area contributed by atoms with Crippen LogP contribution in [0.25, 0.3) is 5.65 Å². The number of fused-ring (bicyclic) bond motifs is 1. The largest absolute Gasteiger partial charge is 0.394 e. The van der Waals surface area contributed by atoms with Crippen molar-refractivity contribution in [3.8, 4) is 0 Å². The zero-order valence-electron chi connectivity index (χ0n) is 11.1. The molecule has 3 rings (SSSR count). The third kappa shape index (κ3) is 2.63. The molecule has 19 heavy (non-hydrogen) atoms. The van der Waals surface area contributed by atoms with Crippen LogP contribution in [0.3, 0.4) is 0 Å². The number of aliphatic hydroxyl groups excluding tert-OH is 1. The van der Waals surface area contributed by atoms with E-state index in [-0.39, 0.29) is 12.7 Å². The van der Waals surface area contributed by atoms with Crippen molar-refractivity contribution in [2.24, 2.45) is 0 Å². The molecule has 2 atom stereocenters. The van der Waals surface area contributed by atoms with Gasteiger partial charge < -0.3 is 14.2 Å². The molecule has 1 N–H and O–H groups in total. The van der Waals surface area contributed by atoms with Gasteiger partial charge in [-0.3, -0.25) is 4.90 Å². The topological polar surface area (TPSA) is 50.0 Å². The van der Waals surface area contributed by atoms with E-state index < -0.39 is 0 Å². The fourth-order valence-electron chi connectivity index (χ4n) is 2.48. The summed E-state index contributed by atoms with van der Waals surface area (Å²) in [6.07, 6.45) is 3.99. The Morgan fingerprint density at radius 1 is 1.47 bits per heavy atom. The standard InChI is InChI=1S/C14H19N3O2/c1-11-10-19-13(9-18)8-17(11)7-12-6-16-5-3-2-4-14(16)15-12/h2-6,11,13,18H,7-10H2,1H3. The van der Waals surface area contributed by atoms with E-state index in [4.69, 9.17) is 4.74 Å². The van der Waals surface area contributed by atoms with Crippen LogP contribution in [-0.4, -0.2) is 51.3 Å². The first kappa shape index (κ1) is 12.6. The third-order valence-corrected chi connectivity index (χ3v) is 3.62. The summed E-state index contributed by atoms with van der Waals surface area (Å²) in [4.78, 5) is 6.92. The highest BCUT2D eigenvalue weighted by Crippen LogP contribution is 2.15. The Hall–Kier alpha value is -1.43. The maximum Gasteiger partial charge on any atom is 0.137 e. The molecule has 0 aromatic carbocycles. The van der Waals surface area contributed by atoms with E-state index in [0.717, 1.165) is 24.4 Å². The van der Waals surface area contributed by atoms with E-state index in [2.05, 4.69) is 23.0 Å². The fourth-order valence-corrected chi connectivity index (χ4v) is 2.48. The van der Waals surface area contributed by atoms with Crippen molar-refractivity contribution in [1.82, 2.24) is 14.3 Å². The minimum atomic E-state index is -0.0757. The number of imidazole rings is 1. The molecule has 1 aliphatic heterocycles. The Morgan fingerprint density at radius 2 is 2.37 bits per heavy atom. The molecule has 0 saturated carbocycles. The van der Waals surface area contributed by atoms with E-state index in [0.29, 0.717) is 12.6 Å². The average Bonchev–Trinajstić information content (AvgIpc) is 2.83. The van der Waals surface area contributed by atoms with Crippen LogP contribution < -0.4 is 0 Å². The lowest BCUT2D eigenvalue weighted by Crippen LogP contribution is -2.48. The van der Waals surface area contributed by atoms with Gasteiger partial charge in [-0.15, -0.1) is 0 Å². The molecule has 1 saturated heterocycles. The van der Waals surface area contributed by atoms with Gasteiger partial charge in [0, 0.05) is 31.5 Å². The molecule has 102 valence electrons.